The van der Waals surface area contributed by atoms with Crippen LogP contribution in [0.25, 0.3) is 0 Å². The zero-order chi connectivity index (χ0) is 10.0. The Labute approximate surface area is 78.8 Å². The maximum absolute atomic E-state index is 11.4. The van der Waals surface area contributed by atoms with Crippen molar-refractivity contribution in [2.24, 2.45) is 13.0 Å². The Kier molecular flexibility index (Phi) is 2.96. The number of rotatable bonds is 3. The number of hydrogen-bond acceptors (Lipinski definition) is 1. The number of nitrogens with zero attached hydrogens (tertiary/aromatic N) is 1. The molecule has 3 nitrogen and oxygen atoms in total. The summed E-state index contributed by atoms with van der Waals surface area (Å²) in [5.74, 6) is 0.590. The molecule has 0 aromatic carbocycles. The normalized spacial score (nSPS) is 11.2. The van der Waals surface area contributed by atoms with E-state index in [0.29, 0.717) is 5.92 Å². The maximum Gasteiger partial charge on any atom is 0.267 e. The molecule has 0 aliphatic carbocycles. The average Bonchev–Trinajstić information content (AvgIpc) is 2.26. The highest BCUT2D eigenvalue weighted by Crippen LogP contribution is 2.09. The summed E-state index contributed by atoms with van der Waals surface area (Å²) in [5.41, 5.74) is 2.17. The topological polar surface area (TPSA) is 37.8 Å². The van der Waals surface area contributed by atoms with Crippen LogP contribution in [-0.4, -0.2) is 9.78 Å². The lowest BCUT2D eigenvalue weighted by Gasteiger charge is -2.07. The Morgan fingerprint density at radius 1 is 1.46 bits per heavy atom. The predicted octanol–water partition coefficient (Wildman–Crippen LogP) is 1.47. The number of H-pyrrole nitrogens is 1. The van der Waals surface area contributed by atoms with Crippen LogP contribution in [0, 0.1) is 5.92 Å². The standard InChI is InChI=1S/C10H18N2O/c1-5-8-9(6-7(2)3)12(4)11-10(8)13/h7H,5-6H2,1-4H3,(H,11,13). The minimum atomic E-state index is 0.0700. The summed E-state index contributed by atoms with van der Waals surface area (Å²) in [5, 5.41) is 2.79. The summed E-state index contributed by atoms with van der Waals surface area (Å²) >= 11 is 0. The highest BCUT2D eigenvalue weighted by molar-refractivity contribution is 5.18. The van der Waals surface area contributed by atoms with E-state index >= 15 is 0 Å². The molecule has 0 aliphatic heterocycles. The van der Waals surface area contributed by atoms with Crippen LogP contribution in [0.15, 0.2) is 4.79 Å². The molecular weight excluding hydrogens is 164 g/mol. The van der Waals surface area contributed by atoms with Crippen molar-refractivity contribution >= 4 is 0 Å². The third-order valence-electron chi connectivity index (χ3n) is 2.25. The smallest absolute Gasteiger partial charge is 0.267 e. The van der Waals surface area contributed by atoms with E-state index in [2.05, 4.69) is 18.9 Å². The highest BCUT2D eigenvalue weighted by Gasteiger charge is 2.11. The first-order valence-corrected chi connectivity index (χ1v) is 4.83. The van der Waals surface area contributed by atoms with Crippen LogP contribution in [-0.2, 0) is 19.9 Å². The first-order chi connectivity index (χ1) is 6.06. The molecule has 1 aromatic heterocycles. The van der Waals surface area contributed by atoms with Gasteiger partial charge in [0.25, 0.3) is 5.56 Å². The van der Waals surface area contributed by atoms with Crippen molar-refractivity contribution in [1.29, 1.82) is 0 Å². The van der Waals surface area contributed by atoms with Crippen LogP contribution in [0.2, 0.25) is 0 Å². The van der Waals surface area contributed by atoms with Crippen LogP contribution in [0.3, 0.4) is 0 Å². The molecule has 1 N–H and O–H groups in total. The molecule has 0 saturated carbocycles. The van der Waals surface area contributed by atoms with Crippen molar-refractivity contribution in [3.8, 4) is 0 Å². The minimum Gasteiger partial charge on any atom is -0.292 e. The van der Waals surface area contributed by atoms with Gasteiger partial charge in [0.1, 0.15) is 0 Å². The largest absolute Gasteiger partial charge is 0.292 e. The van der Waals surface area contributed by atoms with Gasteiger partial charge in [0.05, 0.1) is 0 Å². The lowest BCUT2D eigenvalue weighted by molar-refractivity contribution is 0.591. The Balaban J connectivity index is 3.10. The van der Waals surface area contributed by atoms with Crippen molar-refractivity contribution in [3.63, 3.8) is 0 Å². The number of aromatic nitrogens is 2. The van der Waals surface area contributed by atoms with Gasteiger partial charge in [-0.15, -0.1) is 0 Å². The van der Waals surface area contributed by atoms with Gasteiger partial charge < -0.3 is 0 Å². The summed E-state index contributed by atoms with van der Waals surface area (Å²) in [4.78, 5) is 11.4. The van der Waals surface area contributed by atoms with Gasteiger partial charge in [-0.1, -0.05) is 20.8 Å². The van der Waals surface area contributed by atoms with Crippen LogP contribution in [0.5, 0.6) is 0 Å². The second-order valence-electron chi connectivity index (χ2n) is 3.88. The van der Waals surface area contributed by atoms with Gasteiger partial charge in [0.15, 0.2) is 0 Å². The molecule has 1 heterocycles. The van der Waals surface area contributed by atoms with Gasteiger partial charge >= 0.3 is 0 Å². The minimum absolute atomic E-state index is 0.0700. The third-order valence-corrected chi connectivity index (χ3v) is 2.25. The Morgan fingerprint density at radius 2 is 2.08 bits per heavy atom. The summed E-state index contributed by atoms with van der Waals surface area (Å²) in [6.07, 6.45) is 1.79. The summed E-state index contributed by atoms with van der Waals surface area (Å²) < 4.78 is 1.85. The fourth-order valence-corrected chi connectivity index (χ4v) is 1.63. The van der Waals surface area contributed by atoms with Crippen LogP contribution < -0.4 is 5.56 Å². The van der Waals surface area contributed by atoms with Gasteiger partial charge in [0.2, 0.25) is 0 Å². The fourth-order valence-electron chi connectivity index (χ4n) is 1.63. The van der Waals surface area contributed by atoms with Gasteiger partial charge in [0, 0.05) is 18.3 Å². The van der Waals surface area contributed by atoms with Crippen molar-refractivity contribution in [2.75, 3.05) is 0 Å². The van der Waals surface area contributed by atoms with E-state index in [9.17, 15) is 4.79 Å². The van der Waals surface area contributed by atoms with E-state index in [1.807, 2.05) is 18.7 Å². The highest BCUT2D eigenvalue weighted by atomic mass is 16.1. The van der Waals surface area contributed by atoms with E-state index in [1.54, 1.807) is 0 Å². The molecule has 74 valence electrons. The van der Waals surface area contributed by atoms with Gasteiger partial charge in [-0.25, -0.2) is 0 Å². The quantitative estimate of drug-likeness (QED) is 0.755. The average molecular weight is 182 g/mol. The van der Waals surface area contributed by atoms with Crippen LogP contribution in [0.1, 0.15) is 32.0 Å². The van der Waals surface area contributed by atoms with E-state index in [1.165, 1.54) is 0 Å². The SMILES string of the molecule is CCc1c(CC(C)C)n(C)[nH]c1=O. The van der Waals surface area contributed by atoms with E-state index in [0.717, 1.165) is 24.1 Å². The van der Waals surface area contributed by atoms with Gasteiger partial charge in [-0.2, -0.15) is 0 Å². The Bertz CT molecular complexity index is 333. The molecular formula is C10H18N2O. The van der Waals surface area contributed by atoms with Crippen molar-refractivity contribution in [1.82, 2.24) is 9.78 Å². The molecule has 0 aliphatic rings. The second kappa shape index (κ2) is 3.81. The number of nitrogens with one attached hydrogen (secondary N) is 1. The Morgan fingerprint density at radius 3 is 2.54 bits per heavy atom. The first kappa shape index (κ1) is 10.1. The number of aromatic amines is 1. The molecule has 0 spiro atoms. The van der Waals surface area contributed by atoms with Crippen LogP contribution >= 0.6 is 0 Å². The summed E-state index contributed by atoms with van der Waals surface area (Å²) in [6.45, 7) is 6.35. The molecule has 13 heavy (non-hydrogen) atoms. The van der Waals surface area contributed by atoms with Crippen molar-refractivity contribution in [2.45, 2.75) is 33.6 Å². The van der Waals surface area contributed by atoms with E-state index in [-0.39, 0.29) is 5.56 Å². The zero-order valence-corrected chi connectivity index (χ0v) is 8.85. The molecule has 0 bridgehead atoms. The molecule has 0 atom stereocenters. The molecule has 0 unspecified atom stereocenters. The van der Waals surface area contributed by atoms with Gasteiger partial charge in [-0.3, -0.25) is 14.6 Å². The molecule has 3 heteroatoms. The van der Waals surface area contributed by atoms with E-state index < -0.39 is 0 Å². The van der Waals surface area contributed by atoms with Crippen molar-refractivity contribution in [3.05, 3.63) is 21.6 Å². The third kappa shape index (κ3) is 2.02. The lowest BCUT2D eigenvalue weighted by atomic mass is 10.0. The Hall–Kier alpha value is -0.990. The van der Waals surface area contributed by atoms with Crippen LogP contribution in [0.4, 0.5) is 0 Å². The monoisotopic (exact) mass is 182 g/mol. The predicted molar refractivity (Wildman–Crippen MR) is 54.0 cm³/mol. The molecule has 1 rings (SSSR count). The molecule has 0 saturated heterocycles. The van der Waals surface area contributed by atoms with E-state index in [4.69, 9.17) is 0 Å². The lowest BCUT2D eigenvalue weighted by Crippen LogP contribution is -2.06. The number of aryl methyl sites for hydroxylation is 1. The second-order valence-corrected chi connectivity index (χ2v) is 3.88. The molecule has 0 amide bonds. The summed E-state index contributed by atoms with van der Waals surface area (Å²) in [7, 11) is 1.90. The molecule has 0 fully saturated rings. The van der Waals surface area contributed by atoms with Crippen molar-refractivity contribution < 1.29 is 0 Å². The molecule has 0 radical (unpaired) electrons. The number of hydrogen-bond donors (Lipinski definition) is 1. The first-order valence-electron chi connectivity index (χ1n) is 4.83. The zero-order valence-electron chi connectivity index (χ0n) is 8.85. The maximum atomic E-state index is 11.4. The fraction of sp³-hybridized carbons (Fsp3) is 0.700. The summed E-state index contributed by atoms with van der Waals surface area (Å²) in [6, 6.07) is 0. The molecule has 1 aromatic rings. The van der Waals surface area contributed by atoms with Gasteiger partial charge in [-0.05, 0) is 18.8 Å².